The van der Waals surface area contributed by atoms with Gasteiger partial charge in [-0.05, 0) is 57.6 Å². The molecule has 182 valence electrons. The van der Waals surface area contributed by atoms with Crippen LogP contribution < -0.4 is 10.3 Å². The number of rotatable bonds is 9. The Balaban J connectivity index is 1.42. The van der Waals surface area contributed by atoms with Crippen LogP contribution in [0.25, 0.3) is 10.9 Å². The molecule has 0 fully saturated rings. The van der Waals surface area contributed by atoms with Crippen molar-refractivity contribution in [2.45, 2.75) is 33.1 Å². The summed E-state index contributed by atoms with van der Waals surface area (Å²) in [6.07, 6.45) is 0. The minimum absolute atomic E-state index is 0.0762. The summed E-state index contributed by atoms with van der Waals surface area (Å²) in [6.45, 7) is 4.15. The maximum Gasteiger partial charge on any atom is 0.252 e. The highest BCUT2D eigenvalue weighted by Gasteiger charge is 2.16. The number of methoxy groups -OCH3 is 1. The number of para-hydroxylation sites is 1. The second-order valence-electron chi connectivity index (χ2n) is 8.89. The van der Waals surface area contributed by atoms with E-state index in [9.17, 15) is 4.79 Å². The van der Waals surface area contributed by atoms with E-state index in [1.807, 2.05) is 73.7 Å². The predicted molar refractivity (Wildman–Crippen MR) is 139 cm³/mol. The lowest BCUT2D eigenvalue weighted by molar-refractivity contribution is 0.236. The second-order valence-corrected chi connectivity index (χ2v) is 8.89. The fourth-order valence-corrected chi connectivity index (χ4v) is 4.36. The lowest BCUT2D eigenvalue weighted by Gasteiger charge is -2.22. The number of benzene rings is 3. The van der Waals surface area contributed by atoms with Crippen LogP contribution in [0.3, 0.4) is 0 Å². The van der Waals surface area contributed by atoms with Crippen molar-refractivity contribution in [3.8, 4) is 5.75 Å². The van der Waals surface area contributed by atoms with E-state index < -0.39 is 0 Å². The molecule has 0 unspecified atom stereocenters. The molecule has 36 heavy (non-hydrogen) atoms. The lowest BCUT2D eigenvalue weighted by atomic mass is 10.1. The third-order valence-corrected chi connectivity index (χ3v) is 6.27. The van der Waals surface area contributed by atoms with Gasteiger partial charge < -0.3 is 9.72 Å². The zero-order valence-electron chi connectivity index (χ0n) is 20.4. The molecule has 2 aromatic heterocycles. The van der Waals surface area contributed by atoms with Gasteiger partial charge in [-0.15, -0.1) is 5.10 Å². The zero-order chi connectivity index (χ0) is 24.9. The number of aromatic amines is 1. The standard InChI is InChI=1S/C28H28N6O2/c1-20-7-6-10-23-15-24(28(35)29-27(20)23)18-33(16-21-8-4-3-5-9-21)19-26-30-31-32-34(26)17-22-11-13-25(36-2)14-12-22/h3-15H,16-19H2,1-2H3,(H,29,35). The summed E-state index contributed by atoms with van der Waals surface area (Å²) in [7, 11) is 1.65. The van der Waals surface area contributed by atoms with Crippen molar-refractivity contribution in [2.75, 3.05) is 7.11 Å². The highest BCUT2D eigenvalue weighted by atomic mass is 16.5. The Morgan fingerprint density at radius 2 is 1.72 bits per heavy atom. The summed E-state index contributed by atoms with van der Waals surface area (Å²) in [6, 6.07) is 26.1. The molecular weight excluding hydrogens is 452 g/mol. The van der Waals surface area contributed by atoms with E-state index in [0.717, 1.165) is 39.2 Å². The number of nitrogens with one attached hydrogen (secondary N) is 1. The molecule has 8 nitrogen and oxygen atoms in total. The van der Waals surface area contributed by atoms with Crippen LogP contribution in [0.2, 0.25) is 0 Å². The van der Waals surface area contributed by atoms with Crippen LogP contribution in [0.15, 0.2) is 83.7 Å². The summed E-state index contributed by atoms with van der Waals surface area (Å²) in [4.78, 5) is 18.3. The van der Waals surface area contributed by atoms with Crippen molar-refractivity contribution in [2.24, 2.45) is 0 Å². The third-order valence-electron chi connectivity index (χ3n) is 6.27. The number of aryl methyl sites for hydroxylation is 1. The van der Waals surface area contributed by atoms with Crippen molar-refractivity contribution < 1.29 is 4.74 Å². The first-order valence-corrected chi connectivity index (χ1v) is 11.8. The minimum atomic E-state index is -0.0762. The van der Waals surface area contributed by atoms with Gasteiger partial charge in [0.1, 0.15) is 5.75 Å². The molecule has 0 radical (unpaired) electrons. The van der Waals surface area contributed by atoms with Crippen molar-refractivity contribution in [3.05, 3.63) is 117 Å². The fourth-order valence-electron chi connectivity index (χ4n) is 4.36. The maximum absolute atomic E-state index is 13.0. The summed E-state index contributed by atoms with van der Waals surface area (Å²) < 4.78 is 7.05. The number of pyridine rings is 1. The predicted octanol–water partition coefficient (Wildman–Crippen LogP) is 4.08. The highest BCUT2D eigenvalue weighted by molar-refractivity contribution is 5.81. The van der Waals surface area contributed by atoms with E-state index in [0.29, 0.717) is 31.7 Å². The van der Waals surface area contributed by atoms with E-state index in [1.54, 1.807) is 11.8 Å². The van der Waals surface area contributed by atoms with Crippen LogP contribution in [0.1, 0.15) is 28.1 Å². The summed E-state index contributed by atoms with van der Waals surface area (Å²) in [5, 5.41) is 13.5. The number of hydrogen-bond donors (Lipinski definition) is 1. The monoisotopic (exact) mass is 480 g/mol. The molecule has 5 aromatic rings. The SMILES string of the molecule is COc1ccc(Cn2nnnc2CN(Cc2ccccc2)Cc2cc3cccc(C)c3[nH]c2=O)cc1. The normalized spacial score (nSPS) is 11.3. The maximum atomic E-state index is 13.0. The van der Waals surface area contributed by atoms with Crippen molar-refractivity contribution in [1.82, 2.24) is 30.1 Å². The lowest BCUT2D eigenvalue weighted by Crippen LogP contribution is -2.28. The van der Waals surface area contributed by atoms with Gasteiger partial charge >= 0.3 is 0 Å². The molecule has 0 aliphatic rings. The van der Waals surface area contributed by atoms with Gasteiger partial charge in [-0.1, -0.05) is 60.7 Å². The van der Waals surface area contributed by atoms with E-state index in [2.05, 4.69) is 37.5 Å². The summed E-state index contributed by atoms with van der Waals surface area (Å²) >= 11 is 0. The third kappa shape index (κ3) is 5.34. The molecule has 1 N–H and O–H groups in total. The fraction of sp³-hybridized carbons (Fsp3) is 0.214. The first-order chi connectivity index (χ1) is 17.6. The number of fused-ring (bicyclic) bond motifs is 1. The number of nitrogens with zero attached hydrogens (tertiary/aromatic N) is 5. The van der Waals surface area contributed by atoms with E-state index in [4.69, 9.17) is 4.74 Å². The Morgan fingerprint density at radius 1 is 0.917 bits per heavy atom. The largest absolute Gasteiger partial charge is 0.497 e. The molecule has 0 saturated heterocycles. The number of tetrazole rings is 1. The zero-order valence-corrected chi connectivity index (χ0v) is 20.4. The van der Waals surface area contributed by atoms with E-state index in [1.165, 1.54) is 0 Å². The van der Waals surface area contributed by atoms with Gasteiger partial charge in [0.15, 0.2) is 5.82 Å². The van der Waals surface area contributed by atoms with Gasteiger partial charge in [-0.25, -0.2) is 4.68 Å². The van der Waals surface area contributed by atoms with Crippen LogP contribution in [0.5, 0.6) is 5.75 Å². The molecule has 0 aliphatic carbocycles. The molecule has 2 heterocycles. The topological polar surface area (TPSA) is 88.9 Å². The van der Waals surface area contributed by atoms with E-state index >= 15 is 0 Å². The summed E-state index contributed by atoms with van der Waals surface area (Å²) in [5.41, 5.74) is 4.78. The average molecular weight is 481 g/mol. The number of H-pyrrole nitrogens is 1. The molecule has 0 aliphatic heterocycles. The van der Waals surface area contributed by atoms with E-state index in [-0.39, 0.29) is 5.56 Å². The van der Waals surface area contributed by atoms with Crippen LogP contribution in [-0.4, -0.2) is 37.2 Å². The molecule has 0 saturated carbocycles. The molecule has 0 spiro atoms. The Hall–Kier alpha value is -4.30. The van der Waals surface area contributed by atoms with Crippen molar-refractivity contribution in [3.63, 3.8) is 0 Å². The second kappa shape index (κ2) is 10.5. The van der Waals surface area contributed by atoms with Crippen LogP contribution in [-0.2, 0) is 26.2 Å². The van der Waals surface area contributed by atoms with Gasteiger partial charge in [0.05, 0.1) is 25.7 Å². The van der Waals surface area contributed by atoms with Crippen molar-refractivity contribution in [1.29, 1.82) is 0 Å². The highest BCUT2D eigenvalue weighted by Crippen LogP contribution is 2.18. The Kier molecular flexibility index (Phi) is 6.86. The molecule has 0 amide bonds. The Bertz CT molecular complexity index is 1510. The smallest absolute Gasteiger partial charge is 0.252 e. The molecular formula is C28H28N6O2. The van der Waals surface area contributed by atoms with Gasteiger partial charge in [-0.3, -0.25) is 9.69 Å². The molecule has 5 rings (SSSR count). The first kappa shape index (κ1) is 23.4. The number of hydrogen-bond acceptors (Lipinski definition) is 6. The van der Waals surface area contributed by atoms with Gasteiger partial charge in [0.2, 0.25) is 0 Å². The Morgan fingerprint density at radius 3 is 2.50 bits per heavy atom. The van der Waals surface area contributed by atoms with Gasteiger partial charge in [0, 0.05) is 18.7 Å². The number of ether oxygens (including phenoxy) is 1. The molecule has 0 atom stereocenters. The van der Waals surface area contributed by atoms with Gasteiger partial charge in [0.25, 0.3) is 5.56 Å². The summed E-state index contributed by atoms with van der Waals surface area (Å²) in [5.74, 6) is 1.54. The first-order valence-electron chi connectivity index (χ1n) is 11.8. The van der Waals surface area contributed by atoms with Crippen molar-refractivity contribution >= 4 is 10.9 Å². The van der Waals surface area contributed by atoms with Gasteiger partial charge in [-0.2, -0.15) is 0 Å². The van der Waals surface area contributed by atoms with Crippen LogP contribution >= 0.6 is 0 Å². The molecule has 0 bridgehead atoms. The molecule has 8 heteroatoms. The van der Waals surface area contributed by atoms with Crippen LogP contribution in [0.4, 0.5) is 0 Å². The minimum Gasteiger partial charge on any atom is -0.497 e. The van der Waals surface area contributed by atoms with Crippen LogP contribution in [0, 0.1) is 6.92 Å². The number of aromatic nitrogens is 5. The molecule has 3 aromatic carbocycles. The quantitative estimate of drug-likeness (QED) is 0.342. The Labute approximate surface area is 209 Å². The average Bonchev–Trinajstić information content (AvgIpc) is 3.32.